The van der Waals surface area contributed by atoms with Crippen molar-refractivity contribution in [3.8, 4) is 0 Å². The second-order valence-corrected chi connectivity index (χ2v) is 14.0. The fourth-order valence-electron chi connectivity index (χ4n) is 8.07. The van der Waals surface area contributed by atoms with Crippen LogP contribution in [0.4, 0.5) is 18.9 Å². The van der Waals surface area contributed by atoms with Gasteiger partial charge < -0.3 is 19.9 Å². The molecule has 0 atom stereocenters. The number of hydrogen-bond donors (Lipinski definition) is 3. The molecule has 0 radical (unpaired) electrons. The summed E-state index contributed by atoms with van der Waals surface area (Å²) in [5.74, 6) is -0.129. The summed E-state index contributed by atoms with van der Waals surface area (Å²) >= 11 is 0. The number of carbonyl (C=O) groups is 1. The number of rotatable bonds is 8. The molecule has 5 aliphatic rings. The Labute approximate surface area is 255 Å². The van der Waals surface area contributed by atoms with Crippen molar-refractivity contribution in [1.29, 1.82) is 10.8 Å². The fraction of sp³-hybridized carbons (Fsp3) is 0.545. The molecule has 7 rings (SSSR count). The SMILES string of the molecule is CN(C=N)C(=N)C1(c2cccc(N3Cc4c(cc(CNC5(C)CCC5)cc4C(F)(F)F)C3=O)c2)CC2(CN(C3COC3)C2)C1. The van der Waals surface area contributed by atoms with Crippen molar-refractivity contribution in [2.24, 2.45) is 5.41 Å². The second-order valence-electron chi connectivity index (χ2n) is 14.0. The lowest BCUT2D eigenvalue weighted by atomic mass is 9.46. The van der Waals surface area contributed by atoms with Crippen molar-refractivity contribution >= 4 is 23.8 Å². The van der Waals surface area contributed by atoms with Gasteiger partial charge in [-0.1, -0.05) is 12.1 Å². The minimum Gasteiger partial charge on any atom is -0.378 e. The highest BCUT2D eigenvalue weighted by Gasteiger charge is 2.63. The van der Waals surface area contributed by atoms with Crippen LogP contribution in [-0.2, 0) is 29.4 Å². The van der Waals surface area contributed by atoms with Crippen LogP contribution >= 0.6 is 0 Å². The molecule has 0 bridgehead atoms. The molecule has 8 nitrogen and oxygen atoms in total. The Kier molecular flexibility index (Phi) is 6.77. The zero-order valence-electron chi connectivity index (χ0n) is 25.2. The number of nitrogens with zero attached hydrogens (tertiary/aromatic N) is 3. The van der Waals surface area contributed by atoms with E-state index in [9.17, 15) is 18.0 Å². The number of likely N-dealkylation sites (tertiary alicyclic amines) is 1. The monoisotopic (exact) mass is 608 g/mol. The van der Waals surface area contributed by atoms with Gasteiger partial charge in [-0.3, -0.25) is 20.5 Å². The minimum atomic E-state index is -4.59. The average molecular weight is 609 g/mol. The van der Waals surface area contributed by atoms with Crippen molar-refractivity contribution in [2.75, 3.05) is 38.3 Å². The molecule has 3 aliphatic heterocycles. The first-order valence-electron chi connectivity index (χ1n) is 15.4. The van der Waals surface area contributed by atoms with E-state index in [-0.39, 0.29) is 35.2 Å². The lowest BCUT2D eigenvalue weighted by molar-refractivity contribution is -0.166. The summed E-state index contributed by atoms with van der Waals surface area (Å²) in [7, 11) is 1.70. The molecule has 3 N–H and O–H groups in total. The molecule has 2 saturated heterocycles. The first-order chi connectivity index (χ1) is 20.9. The third-order valence-corrected chi connectivity index (χ3v) is 10.9. The van der Waals surface area contributed by atoms with Gasteiger partial charge in [-0.15, -0.1) is 0 Å². The summed E-state index contributed by atoms with van der Waals surface area (Å²) in [5.41, 5.74) is 0.547. The molecule has 1 amide bonds. The summed E-state index contributed by atoms with van der Waals surface area (Å²) in [6.45, 7) is 5.60. The number of amides is 1. The molecule has 234 valence electrons. The third-order valence-electron chi connectivity index (χ3n) is 10.9. The maximum absolute atomic E-state index is 14.3. The summed E-state index contributed by atoms with van der Waals surface area (Å²) in [6.07, 6.45) is 1.10. The number of amidine groups is 1. The van der Waals surface area contributed by atoms with Gasteiger partial charge in [0.1, 0.15) is 5.84 Å². The predicted octanol–water partition coefficient (Wildman–Crippen LogP) is 5.15. The van der Waals surface area contributed by atoms with Crippen LogP contribution in [0.5, 0.6) is 0 Å². The van der Waals surface area contributed by atoms with Crippen LogP contribution in [0.25, 0.3) is 0 Å². The van der Waals surface area contributed by atoms with E-state index in [1.807, 2.05) is 18.2 Å². The molecule has 4 fully saturated rings. The quantitative estimate of drug-likeness (QED) is 0.285. The Hall–Kier alpha value is -3.28. The Morgan fingerprint density at radius 2 is 1.91 bits per heavy atom. The van der Waals surface area contributed by atoms with E-state index in [1.54, 1.807) is 19.2 Å². The molecule has 1 spiro atoms. The number of carbonyl (C=O) groups excluding carboxylic acids is 1. The smallest absolute Gasteiger partial charge is 0.378 e. The molecular weight excluding hydrogens is 569 g/mol. The van der Waals surface area contributed by atoms with Crippen molar-refractivity contribution in [1.82, 2.24) is 15.1 Å². The van der Waals surface area contributed by atoms with Crippen LogP contribution < -0.4 is 10.2 Å². The summed E-state index contributed by atoms with van der Waals surface area (Å²) in [4.78, 5) is 19.1. The number of ether oxygens (including phenoxy) is 1. The van der Waals surface area contributed by atoms with Gasteiger partial charge >= 0.3 is 6.18 Å². The number of likely N-dealkylation sites (N-methyl/N-ethyl adjacent to an activating group) is 1. The predicted molar refractivity (Wildman–Crippen MR) is 161 cm³/mol. The number of nitrogens with one attached hydrogen (secondary N) is 3. The normalized spacial score (nSPS) is 23.3. The molecule has 0 aromatic heterocycles. The first kappa shape index (κ1) is 29.4. The van der Waals surface area contributed by atoms with Gasteiger partial charge in [-0.05, 0) is 85.4 Å². The topological polar surface area (TPSA) is 95.8 Å². The number of anilines is 1. The summed E-state index contributed by atoms with van der Waals surface area (Å²) in [5, 5.41) is 20.3. The highest BCUT2D eigenvalue weighted by Crippen LogP contribution is 2.61. The Balaban J connectivity index is 1.17. The van der Waals surface area contributed by atoms with Gasteiger partial charge in [0.25, 0.3) is 5.91 Å². The van der Waals surface area contributed by atoms with Crippen molar-refractivity contribution in [2.45, 2.75) is 75.3 Å². The van der Waals surface area contributed by atoms with Gasteiger partial charge in [0, 0.05) is 43.5 Å². The maximum atomic E-state index is 14.3. The fourth-order valence-corrected chi connectivity index (χ4v) is 8.07. The van der Waals surface area contributed by atoms with Crippen LogP contribution in [0, 0.1) is 16.2 Å². The van der Waals surface area contributed by atoms with Crippen LogP contribution in [0.3, 0.4) is 0 Å². The number of hydrogen-bond acceptors (Lipinski definition) is 6. The van der Waals surface area contributed by atoms with E-state index in [2.05, 4.69) is 17.1 Å². The average Bonchev–Trinajstić information content (AvgIpc) is 3.24. The lowest BCUT2D eigenvalue weighted by Gasteiger charge is -2.66. The zero-order chi connectivity index (χ0) is 31.1. The van der Waals surface area contributed by atoms with E-state index >= 15 is 0 Å². The maximum Gasteiger partial charge on any atom is 0.416 e. The van der Waals surface area contributed by atoms with Crippen molar-refractivity contribution in [3.63, 3.8) is 0 Å². The molecule has 2 saturated carbocycles. The van der Waals surface area contributed by atoms with Gasteiger partial charge in [0.05, 0.1) is 43.1 Å². The summed E-state index contributed by atoms with van der Waals surface area (Å²) < 4.78 is 48.3. The second kappa shape index (κ2) is 10.1. The van der Waals surface area contributed by atoms with E-state index < -0.39 is 23.1 Å². The van der Waals surface area contributed by atoms with E-state index in [0.29, 0.717) is 23.1 Å². The molecule has 3 heterocycles. The molecule has 2 aromatic carbocycles. The third kappa shape index (κ3) is 4.66. The van der Waals surface area contributed by atoms with Crippen LogP contribution in [0.2, 0.25) is 0 Å². The Morgan fingerprint density at radius 3 is 2.50 bits per heavy atom. The Bertz CT molecular complexity index is 1520. The van der Waals surface area contributed by atoms with Crippen LogP contribution in [0.15, 0.2) is 36.4 Å². The van der Waals surface area contributed by atoms with Gasteiger partial charge in [-0.25, -0.2) is 0 Å². The van der Waals surface area contributed by atoms with Crippen molar-refractivity contribution in [3.05, 3.63) is 64.2 Å². The number of halogens is 3. The van der Waals surface area contributed by atoms with Gasteiger partial charge in [0.15, 0.2) is 0 Å². The minimum absolute atomic E-state index is 0.00892. The lowest BCUT2D eigenvalue weighted by Crippen LogP contribution is -2.73. The van der Waals surface area contributed by atoms with Crippen LogP contribution in [-0.4, -0.2) is 72.8 Å². The molecule has 2 aliphatic carbocycles. The first-order valence-corrected chi connectivity index (χ1v) is 15.4. The molecule has 0 unspecified atom stereocenters. The standard InChI is InChI=1S/C33H39F3N6O2/c1-30(7-4-8-30)39-12-21-9-25-26(27(10-21)33(34,35)36)13-42(28(25)43)23-6-3-5-22(11-23)32(29(38)40(2)20-37)16-31(17-32)18-41(19-31)24-14-44-15-24/h3,5-6,9-11,20,24,37-39H,4,7-8,12-19H2,1-2H3. The highest BCUT2D eigenvalue weighted by molar-refractivity contribution is 6.10. The van der Waals surface area contributed by atoms with Crippen LogP contribution in [0.1, 0.15) is 71.6 Å². The molecule has 44 heavy (non-hydrogen) atoms. The van der Waals surface area contributed by atoms with Gasteiger partial charge in [0.2, 0.25) is 0 Å². The van der Waals surface area contributed by atoms with E-state index in [1.165, 1.54) is 15.9 Å². The van der Waals surface area contributed by atoms with Gasteiger partial charge in [-0.2, -0.15) is 13.2 Å². The zero-order valence-corrected chi connectivity index (χ0v) is 25.2. The largest absolute Gasteiger partial charge is 0.416 e. The molecule has 2 aromatic rings. The number of fused-ring (bicyclic) bond motifs is 1. The van der Waals surface area contributed by atoms with E-state index in [0.717, 1.165) is 70.3 Å². The van der Waals surface area contributed by atoms with Crippen molar-refractivity contribution < 1.29 is 22.7 Å². The molecular formula is C33H39F3N6O2. The number of benzene rings is 2. The highest BCUT2D eigenvalue weighted by atomic mass is 19.4. The van der Waals surface area contributed by atoms with E-state index in [4.69, 9.17) is 15.6 Å². The summed E-state index contributed by atoms with van der Waals surface area (Å²) in [6, 6.07) is 10.7. The number of alkyl halides is 3. The Morgan fingerprint density at radius 1 is 1.18 bits per heavy atom. The molecule has 11 heteroatoms.